The van der Waals surface area contributed by atoms with Gasteiger partial charge in [-0.1, -0.05) is 23.5 Å². The van der Waals surface area contributed by atoms with Crippen LogP contribution in [0, 0.1) is 6.92 Å². The molecule has 0 bridgehead atoms. The summed E-state index contributed by atoms with van der Waals surface area (Å²) in [7, 11) is -3.83. The van der Waals surface area contributed by atoms with Gasteiger partial charge in [-0.2, -0.15) is 0 Å². The summed E-state index contributed by atoms with van der Waals surface area (Å²) in [6, 6.07) is 15.5. The normalized spacial score (nSPS) is 14.5. The number of hydrogen-bond acceptors (Lipinski definition) is 9. The zero-order chi connectivity index (χ0) is 26.7. The molecule has 1 saturated heterocycles. The first kappa shape index (κ1) is 26.0. The summed E-state index contributed by atoms with van der Waals surface area (Å²) < 4.78 is 29.4. The molecule has 0 atom stereocenters. The van der Waals surface area contributed by atoms with Gasteiger partial charge in [-0.05, 0) is 55.0 Å². The van der Waals surface area contributed by atoms with E-state index in [2.05, 4.69) is 24.9 Å². The summed E-state index contributed by atoms with van der Waals surface area (Å²) in [5.41, 5.74) is 2.80. The van der Waals surface area contributed by atoms with Crippen molar-refractivity contribution in [3.05, 3.63) is 71.9 Å². The van der Waals surface area contributed by atoms with E-state index in [-0.39, 0.29) is 17.4 Å². The fourth-order valence-electron chi connectivity index (χ4n) is 4.32. The van der Waals surface area contributed by atoms with Crippen LogP contribution in [0.4, 0.5) is 16.6 Å². The zero-order valence-electron chi connectivity index (χ0n) is 20.8. The number of rotatable bonds is 8. The molecule has 0 aliphatic carbocycles. The van der Waals surface area contributed by atoms with Crippen molar-refractivity contribution in [1.29, 1.82) is 0 Å². The van der Waals surface area contributed by atoms with Crippen LogP contribution in [0.3, 0.4) is 0 Å². The molecule has 0 spiro atoms. The van der Waals surface area contributed by atoms with Gasteiger partial charge in [-0.3, -0.25) is 14.4 Å². The van der Waals surface area contributed by atoms with Crippen molar-refractivity contribution in [3.63, 3.8) is 0 Å². The highest BCUT2D eigenvalue weighted by molar-refractivity contribution is 7.93. The number of thiazole rings is 1. The molecule has 1 fully saturated rings. The molecule has 10 nitrogen and oxygen atoms in total. The quantitative estimate of drug-likeness (QED) is 0.304. The van der Waals surface area contributed by atoms with E-state index < -0.39 is 10.0 Å². The van der Waals surface area contributed by atoms with Crippen molar-refractivity contribution in [2.75, 3.05) is 49.4 Å². The fraction of sp³-hybridized carbons (Fsp3) is 0.269. The Morgan fingerprint density at radius 2 is 1.82 bits per heavy atom. The molecule has 2 aromatic carbocycles. The minimum absolute atomic E-state index is 0.0945. The second-order valence-corrected chi connectivity index (χ2v) is 11.7. The standard InChI is InChI=1S/C26H28N6O4S2/c1-18-4-2-6-22-23(18)29-26(37-22)30-38(35,36)20-9-7-19(8-10-20)28-24-21(5-3-11-27-24)25(34)32-14-12-31(13-15-32)16-17-33/h2-11,33H,12-17H2,1H3,(H,27,28)(H,29,30). The third-order valence-electron chi connectivity index (χ3n) is 6.38. The molecule has 198 valence electrons. The maximum Gasteiger partial charge on any atom is 0.263 e. The molecule has 4 aromatic rings. The molecule has 1 aliphatic heterocycles. The van der Waals surface area contributed by atoms with Crippen LogP contribution in [0.5, 0.6) is 0 Å². The molecule has 3 heterocycles. The molecule has 0 unspecified atom stereocenters. The van der Waals surface area contributed by atoms with Crippen molar-refractivity contribution < 1.29 is 18.3 Å². The van der Waals surface area contributed by atoms with E-state index in [4.69, 9.17) is 5.11 Å². The summed E-state index contributed by atoms with van der Waals surface area (Å²) in [5, 5.41) is 12.6. The fourth-order valence-corrected chi connectivity index (χ4v) is 6.50. The maximum atomic E-state index is 13.2. The molecular weight excluding hydrogens is 524 g/mol. The Morgan fingerprint density at radius 3 is 2.53 bits per heavy atom. The Balaban J connectivity index is 1.28. The summed E-state index contributed by atoms with van der Waals surface area (Å²) in [5.74, 6) is 0.271. The Morgan fingerprint density at radius 1 is 1.05 bits per heavy atom. The molecule has 3 N–H and O–H groups in total. The number of fused-ring (bicyclic) bond motifs is 1. The number of aliphatic hydroxyl groups excluding tert-OH is 1. The van der Waals surface area contributed by atoms with Crippen LogP contribution < -0.4 is 10.0 Å². The lowest BCUT2D eigenvalue weighted by molar-refractivity contribution is 0.0615. The predicted molar refractivity (Wildman–Crippen MR) is 149 cm³/mol. The molecule has 0 saturated carbocycles. The predicted octanol–water partition coefficient (Wildman–Crippen LogP) is 3.29. The van der Waals surface area contributed by atoms with E-state index in [1.807, 2.05) is 25.1 Å². The zero-order valence-corrected chi connectivity index (χ0v) is 22.4. The molecule has 5 rings (SSSR count). The number of hydrogen-bond donors (Lipinski definition) is 3. The first-order valence-electron chi connectivity index (χ1n) is 12.2. The van der Waals surface area contributed by atoms with Crippen LogP contribution in [0.2, 0.25) is 0 Å². The number of amides is 1. The highest BCUT2D eigenvalue weighted by Gasteiger charge is 2.24. The van der Waals surface area contributed by atoms with Crippen LogP contribution in [0.1, 0.15) is 15.9 Å². The summed E-state index contributed by atoms with van der Waals surface area (Å²) in [6.45, 7) is 5.19. The first-order chi connectivity index (χ1) is 18.3. The van der Waals surface area contributed by atoms with Crippen molar-refractivity contribution in [1.82, 2.24) is 19.8 Å². The van der Waals surface area contributed by atoms with Gasteiger partial charge in [0.1, 0.15) is 5.82 Å². The Bertz CT molecular complexity index is 1550. The molecule has 1 amide bonds. The van der Waals surface area contributed by atoms with Gasteiger partial charge in [0, 0.05) is 44.6 Å². The summed E-state index contributed by atoms with van der Waals surface area (Å²) in [4.78, 5) is 26.0. The van der Waals surface area contributed by atoms with Gasteiger partial charge < -0.3 is 15.3 Å². The summed E-state index contributed by atoms with van der Waals surface area (Å²) in [6.07, 6.45) is 1.60. The van der Waals surface area contributed by atoms with Gasteiger partial charge in [0.2, 0.25) is 0 Å². The largest absolute Gasteiger partial charge is 0.395 e. The molecule has 2 aromatic heterocycles. The van der Waals surface area contributed by atoms with Gasteiger partial charge in [-0.25, -0.2) is 18.4 Å². The number of carbonyl (C=O) groups excluding carboxylic acids is 1. The first-order valence-corrected chi connectivity index (χ1v) is 14.5. The van der Waals surface area contributed by atoms with E-state index in [9.17, 15) is 13.2 Å². The van der Waals surface area contributed by atoms with Gasteiger partial charge in [0.15, 0.2) is 5.13 Å². The average Bonchev–Trinajstić information content (AvgIpc) is 3.33. The number of carbonyl (C=O) groups is 1. The Kier molecular flexibility index (Phi) is 7.56. The molecule has 38 heavy (non-hydrogen) atoms. The van der Waals surface area contributed by atoms with Crippen LogP contribution in [0.15, 0.2) is 65.7 Å². The molecule has 0 radical (unpaired) electrons. The smallest absolute Gasteiger partial charge is 0.263 e. The van der Waals surface area contributed by atoms with Gasteiger partial charge in [0.25, 0.3) is 15.9 Å². The number of sulfonamides is 1. The lowest BCUT2D eigenvalue weighted by Gasteiger charge is -2.34. The molecule has 1 aliphatic rings. The van der Waals surface area contributed by atoms with Crippen molar-refractivity contribution in [3.8, 4) is 0 Å². The minimum Gasteiger partial charge on any atom is -0.395 e. The van der Waals surface area contributed by atoms with Gasteiger partial charge in [-0.15, -0.1) is 0 Å². The average molecular weight is 553 g/mol. The highest BCUT2D eigenvalue weighted by atomic mass is 32.2. The Hall–Kier alpha value is -3.58. The molecule has 12 heteroatoms. The van der Waals surface area contributed by atoms with Crippen LogP contribution in [-0.4, -0.2) is 78.5 Å². The third kappa shape index (κ3) is 5.63. The van der Waals surface area contributed by atoms with Gasteiger partial charge >= 0.3 is 0 Å². The van der Waals surface area contributed by atoms with E-state index in [0.29, 0.717) is 54.9 Å². The number of piperazine rings is 1. The van der Waals surface area contributed by atoms with Crippen LogP contribution in [0.25, 0.3) is 10.2 Å². The third-order valence-corrected chi connectivity index (χ3v) is 8.80. The number of para-hydroxylation sites is 1. The molecular formula is C26H28N6O4S2. The SMILES string of the molecule is Cc1cccc2sc(NS(=O)(=O)c3ccc(Nc4ncccc4C(=O)N4CCN(CCO)CC4)cc3)nc12. The number of β-amino-alcohol motifs (C(OH)–C–C–N with tert-alkyl or cyclic N) is 1. The highest BCUT2D eigenvalue weighted by Crippen LogP contribution is 2.30. The van der Waals surface area contributed by atoms with Crippen LogP contribution >= 0.6 is 11.3 Å². The van der Waals surface area contributed by atoms with Crippen molar-refractivity contribution in [2.45, 2.75) is 11.8 Å². The van der Waals surface area contributed by atoms with E-state index in [1.165, 1.54) is 23.5 Å². The Labute approximate surface area is 225 Å². The number of aromatic nitrogens is 2. The lowest BCUT2D eigenvalue weighted by atomic mass is 10.2. The minimum atomic E-state index is -3.83. The second kappa shape index (κ2) is 11.0. The van der Waals surface area contributed by atoms with E-state index in [0.717, 1.165) is 15.8 Å². The number of pyridine rings is 1. The number of aryl methyl sites for hydroxylation is 1. The van der Waals surface area contributed by atoms with E-state index >= 15 is 0 Å². The van der Waals surface area contributed by atoms with Crippen molar-refractivity contribution >= 4 is 54.1 Å². The van der Waals surface area contributed by atoms with Crippen LogP contribution in [-0.2, 0) is 10.0 Å². The van der Waals surface area contributed by atoms with E-state index in [1.54, 1.807) is 35.4 Å². The second-order valence-electron chi connectivity index (χ2n) is 8.95. The number of nitrogens with one attached hydrogen (secondary N) is 2. The number of nitrogens with zero attached hydrogens (tertiary/aromatic N) is 4. The topological polar surface area (TPSA) is 128 Å². The summed E-state index contributed by atoms with van der Waals surface area (Å²) >= 11 is 1.28. The maximum absolute atomic E-state index is 13.2. The van der Waals surface area contributed by atoms with Gasteiger partial charge in [0.05, 0.1) is 27.3 Å². The number of anilines is 3. The number of aliphatic hydroxyl groups is 1. The number of benzene rings is 2. The lowest BCUT2D eigenvalue weighted by Crippen LogP contribution is -2.49. The van der Waals surface area contributed by atoms with Crippen molar-refractivity contribution in [2.24, 2.45) is 0 Å². The monoisotopic (exact) mass is 552 g/mol.